The number of anilines is 1. The normalized spacial score (nSPS) is 27.6. The number of fused-ring (bicyclic) bond motifs is 1. The highest BCUT2D eigenvalue weighted by molar-refractivity contribution is 6.30. The molecule has 202 valence electrons. The van der Waals surface area contributed by atoms with E-state index in [2.05, 4.69) is 17.6 Å². The van der Waals surface area contributed by atoms with Gasteiger partial charge in [0, 0.05) is 30.2 Å². The Hall–Kier alpha value is -1.38. The Balaban J connectivity index is 1.32. The molecular formula is C28H43ClN2O5. The van der Waals surface area contributed by atoms with Crippen LogP contribution < -0.4 is 10.6 Å². The minimum Gasteiger partial charge on any atom is -0.372 e. The van der Waals surface area contributed by atoms with Crippen molar-refractivity contribution in [3.63, 3.8) is 0 Å². The summed E-state index contributed by atoms with van der Waals surface area (Å²) in [5.41, 5.74) is 0.672. The van der Waals surface area contributed by atoms with E-state index in [1.54, 1.807) is 24.3 Å². The van der Waals surface area contributed by atoms with Crippen molar-refractivity contribution in [2.75, 3.05) is 11.9 Å². The van der Waals surface area contributed by atoms with Crippen LogP contribution in [-0.2, 0) is 18.9 Å². The Morgan fingerprint density at radius 3 is 2.47 bits per heavy atom. The molecule has 0 radical (unpaired) electrons. The second-order valence-electron chi connectivity index (χ2n) is 10.5. The van der Waals surface area contributed by atoms with Crippen LogP contribution in [0, 0.1) is 0 Å². The highest BCUT2D eigenvalue weighted by Crippen LogP contribution is 2.46. The van der Waals surface area contributed by atoms with Crippen molar-refractivity contribution >= 4 is 23.3 Å². The zero-order valence-electron chi connectivity index (χ0n) is 21.8. The molecule has 0 bridgehead atoms. The summed E-state index contributed by atoms with van der Waals surface area (Å²) in [7, 11) is 0. The zero-order valence-corrected chi connectivity index (χ0v) is 22.6. The van der Waals surface area contributed by atoms with E-state index in [-0.39, 0.29) is 30.4 Å². The third-order valence-corrected chi connectivity index (χ3v) is 7.77. The highest BCUT2D eigenvalue weighted by Gasteiger charge is 2.59. The van der Waals surface area contributed by atoms with E-state index in [4.69, 9.17) is 30.5 Å². The molecule has 0 aromatic heterocycles. The van der Waals surface area contributed by atoms with Gasteiger partial charge in [0.15, 0.2) is 12.1 Å². The summed E-state index contributed by atoms with van der Waals surface area (Å²) in [5.74, 6) is -0.540. The van der Waals surface area contributed by atoms with Gasteiger partial charge in [-0.15, -0.1) is 0 Å². The Kier molecular flexibility index (Phi) is 10.3. The first-order chi connectivity index (χ1) is 17.5. The second-order valence-corrected chi connectivity index (χ2v) is 10.9. The maximum absolute atomic E-state index is 12.7. The van der Waals surface area contributed by atoms with E-state index >= 15 is 0 Å². The van der Waals surface area contributed by atoms with E-state index in [0.717, 1.165) is 38.5 Å². The van der Waals surface area contributed by atoms with Crippen LogP contribution >= 0.6 is 11.6 Å². The van der Waals surface area contributed by atoms with E-state index in [9.17, 15) is 4.79 Å². The number of ether oxygens (including phenoxy) is 4. The Labute approximate surface area is 220 Å². The summed E-state index contributed by atoms with van der Waals surface area (Å²) in [6.07, 6.45) is 12.4. The van der Waals surface area contributed by atoms with Gasteiger partial charge in [0.25, 0.3) is 0 Å². The molecule has 3 fully saturated rings. The summed E-state index contributed by atoms with van der Waals surface area (Å²) in [4.78, 5) is 12.7. The lowest BCUT2D eigenvalue weighted by Crippen LogP contribution is -2.50. The number of amides is 2. The molecule has 5 atom stereocenters. The van der Waals surface area contributed by atoms with Gasteiger partial charge in [-0.3, -0.25) is 0 Å². The maximum Gasteiger partial charge on any atom is 0.319 e. The van der Waals surface area contributed by atoms with Gasteiger partial charge in [-0.05, 0) is 50.5 Å². The van der Waals surface area contributed by atoms with Crippen molar-refractivity contribution in [3.05, 3.63) is 29.3 Å². The fraction of sp³-hybridized carbons (Fsp3) is 0.750. The van der Waals surface area contributed by atoms with Gasteiger partial charge in [-0.1, -0.05) is 63.5 Å². The fourth-order valence-electron chi connectivity index (χ4n) is 5.54. The molecule has 2 heterocycles. The van der Waals surface area contributed by atoms with Crippen LogP contribution in [0.3, 0.4) is 0 Å². The molecule has 1 spiro atoms. The minimum atomic E-state index is -0.540. The average molecular weight is 523 g/mol. The van der Waals surface area contributed by atoms with Crippen LogP contribution in [0.1, 0.15) is 90.9 Å². The molecule has 0 unspecified atom stereocenters. The number of carbonyl (C=O) groups is 1. The first kappa shape index (κ1) is 27.6. The maximum atomic E-state index is 12.7. The lowest BCUT2D eigenvalue weighted by atomic mass is 9.94. The lowest BCUT2D eigenvalue weighted by molar-refractivity contribution is -0.250. The second kappa shape index (κ2) is 13.4. The number of benzene rings is 1. The van der Waals surface area contributed by atoms with E-state index in [1.165, 1.54) is 38.5 Å². The highest BCUT2D eigenvalue weighted by atomic mass is 35.5. The third-order valence-electron chi connectivity index (χ3n) is 7.52. The molecule has 2 N–H and O–H groups in total. The van der Waals surface area contributed by atoms with Crippen LogP contribution in [0.25, 0.3) is 0 Å². The first-order valence-electron chi connectivity index (χ1n) is 14.0. The molecule has 1 aromatic carbocycles. The minimum absolute atomic E-state index is 0.277. The van der Waals surface area contributed by atoms with Crippen LogP contribution in [0.15, 0.2) is 24.3 Å². The molecule has 8 heteroatoms. The quantitative estimate of drug-likeness (QED) is 0.295. The van der Waals surface area contributed by atoms with Gasteiger partial charge < -0.3 is 29.6 Å². The van der Waals surface area contributed by atoms with E-state index < -0.39 is 12.1 Å². The smallest absolute Gasteiger partial charge is 0.319 e. The molecule has 2 amide bonds. The summed E-state index contributed by atoms with van der Waals surface area (Å²) in [5, 5.41) is 6.48. The SMILES string of the molecule is CCCCCCCCCO[C@@H]1[C@H]2OC3(CCCCC3)O[C@H]2O[C@@H]1[C@H](C)NC(=O)Nc1ccc(Cl)cc1. The predicted octanol–water partition coefficient (Wildman–Crippen LogP) is 6.79. The number of hydrogen-bond acceptors (Lipinski definition) is 5. The van der Waals surface area contributed by atoms with Crippen molar-refractivity contribution < 1.29 is 23.7 Å². The molecule has 7 nitrogen and oxygen atoms in total. The van der Waals surface area contributed by atoms with Gasteiger partial charge in [0.2, 0.25) is 0 Å². The first-order valence-corrected chi connectivity index (χ1v) is 14.3. The molecule has 4 rings (SSSR count). The molecule has 36 heavy (non-hydrogen) atoms. The molecule has 3 aliphatic rings. The Bertz CT molecular complexity index is 817. The number of carbonyl (C=O) groups excluding carboxylic acids is 1. The topological polar surface area (TPSA) is 78.1 Å². The van der Waals surface area contributed by atoms with Crippen LogP contribution in [0.5, 0.6) is 0 Å². The third kappa shape index (κ3) is 7.35. The summed E-state index contributed by atoms with van der Waals surface area (Å²) in [6, 6.07) is 6.42. The van der Waals surface area contributed by atoms with E-state index in [0.29, 0.717) is 17.3 Å². The zero-order chi connectivity index (χ0) is 25.4. The van der Waals surface area contributed by atoms with Crippen LogP contribution in [-0.4, -0.2) is 49.1 Å². The lowest BCUT2D eigenvalue weighted by Gasteiger charge is -2.35. The van der Waals surface area contributed by atoms with Crippen LogP contribution in [0.4, 0.5) is 10.5 Å². The molecular weight excluding hydrogens is 480 g/mol. The van der Waals surface area contributed by atoms with Crippen LogP contribution in [0.2, 0.25) is 5.02 Å². The molecule has 2 aliphatic heterocycles. The molecule has 1 saturated carbocycles. The van der Waals surface area contributed by atoms with Gasteiger partial charge in [-0.25, -0.2) is 4.79 Å². The molecule has 1 aliphatic carbocycles. The summed E-state index contributed by atoms with van der Waals surface area (Å²) < 4.78 is 25.6. The van der Waals surface area contributed by atoms with Gasteiger partial charge >= 0.3 is 6.03 Å². The Morgan fingerprint density at radius 1 is 1.06 bits per heavy atom. The largest absolute Gasteiger partial charge is 0.372 e. The number of urea groups is 1. The van der Waals surface area contributed by atoms with Crippen molar-refractivity contribution in [2.24, 2.45) is 0 Å². The fourth-order valence-corrected chi connectivity index (χ4v) is 5.67. The number of hydrogen-bond donors (Lipinski definition) is 2. The number of rotatable bonds is 12. The van der Waals surface area contributed by atoms with Gasteiger partial charge in [0.05, 0.1) is 6.04 Å². The Morgan fingerprint density at radius 2 is 1.75 bits per heavy atom. The summed E-state index contributed by atoms with van der Waals surface area (Å²) >= 11 is 5.94. The standard InChI is InChI=1S/C28H43ClN2O5/c1-3-4-5-6-7-8-12-19-33-24-23(20(2)30-27(32)31-22-15-13-21(29)14-16-22)34-26-25(24)35-28(36-26)17-10-9-11-18-28/h13-16,20,23-26H,3-12,17-19H2,1-2H3,(H2,30,31,32)/t20-,23+,24-,25+,26+/m0/s1. The van der Waals surface area contributed by atoms with Gasteiger partial charge in [0.1, 0.15) is 18.3 Å². The van der Waals surface area contributed by atoms with Crippen molar-refractivity contribution in [2.45, 2.75) is 127 Å². The molecule has 1 aromatic rings. The predicted molar refractivity (Wildman–Crippen MR) is 141 cm³/mol. The van der Waals surface area contributed by atoms with Crippen molar-refractivity contribution in [1.29, 1.82) is 0 Å². The summed E-state index contributed by atoms with van der Waals surface area (Å²) in [6.45, 7) is 4.83. The number of unbranched alkanes of at least 4 members (excludes halogenated alkanes) is 6. The number of halogens is 1. The van der Waals surface area contributed by atoms with E-state index in [1.807, 2.05) is 6.92 Å². The number of nitrogens with one attached hydrogen (secondary N) is 2. The molecule has 2 saturated heterocycles. The monoisotopic (exact) mass is 522 g/mol. The average Bonchev–Trinajstić information content (AvgIpc) is 3.37. The van der Waals surface area contributed by atoms with Crippen molar-refractivity contribution in [1.82, 2.24) is 5.32 Å². The van der Waals surface area contributed by atoms with Gasteiger partial charge in [-0.2, -0.15) is 0 Å². The van der Waals surface area contributed by atoms with Crippen molar-refractivity contribution in [3.8, 4) is 0 Å².